The van der Waals surface area contributed by atoms with E-state index in [1.165, 1.54) is 0 Å². The summed E-state index contributed by atoms with van der Waals surface area (Å²) in [5, 5.41) is 16.3. The Morgan fingerprint density at radius 1 is 1.20 bits per heavy atom. The van der Waals surface area contributed by atoms with Gasteiger partial charge in [-0.15, -0.1) is 5.10 Å². The van der Waals surface area contributed by atoms with Crippen LogP contribution in [-0.4, -0.2) is 54.7 Å². The highest BCUT2D eigenvalue weighted by molar-refractivity contribution is 6.01. The van der Waals surface area contributed by atoms with Gasteiger partial charge in [0.2, 0.25) is 0 Å². The zero-order valence-electron chi connectivity index (χ0n) is 13.2. The monoisotopic (exact) mass is 278 g/mol. The summed E-state index contributed by atoms with van der Waals surface area (Å²) in [7, 11) is 4.13. The van der Waals surface area contributed by atoms with Crippen LogP contribution in [0.2, 0.25) is 0 Å². The average Bonchev–Trinajstić information content (AvgIpc) is 2.37. The molecule has 1 aromatic heterocycles. The number of aryl methyl sites for hydroxylation is 1. The largest absolute Gasteiger partial charge is 0.384 e. The van der Waals surface area contributed by atoms with Gasteiger partial charge in [0.05, 0.1) is 11.3 Å². The van der Waals surface area contributed by atoms with Crippen LogP contribution in [0.5, 0.6) is 0 Å². The zero-order valence-corrected chi connectivity index (χ0v) is 13.2. The lowest BCUT2D eigenvalue weighted by molar-refractivity contribution is 0.400. The van der Waals surface area contributed by atoms with Crippen molar-refractivity contribution in [2.45, 2.75) is 27.2 Å². The summed E-state index contributed by atoms with van der Waals surface area (Å²) in [6, 6.07) is 0. The van der Waals surface area contributed by atoms with Crippen LogP contribution >= 0.6 is 0 Å². The highest BCUT2D eigenvalue weighted by Crippen LogP contribution is 2.21. The fourth-order valence-electron chi connectivity index (χ4n) is 2.13. The van der Waals surface area contributed by atoms with Gasteiger partial charge in [0.15, 0.2) is 5.82 Å². The summed E-state index contributed by atoms with van der Waals surface area (Å²) >= 11 is 0. The molecule has 0 radical (unpaired) electrons. The van der Waals surface area contributed by atoms with E-state index in [9.17, 15) is 0 Å². The Morgan fingerprint density at radius 3 is 2.35 bits per heavy atom. The number of rotatable bonds is 7. The van der Waals surface area contributed by atoms with Gasteiger partial charge in [0, 0.05) is 13.1 Å². The Balaban J connectivity index is 3.03. The molecule has 112 valence electrons. The lowest BCUT2D eigenvalue weighted by Crippen LogP contribution is -2.31. The van der Waals surface area contributed by atoms with Crippen molar-refractivity contribution in [2.75, 3.05) is 38.6 Å². The van der Waals surface area contributed by atoms with Crippen molar-refractivity contribution in [3.8, 4) is 0 Å². The highest BCUT2D eigenvalue weighted by atomic mass is 15.3. The molecule has 6 heteroatoms. The van der Waals surface area contributed by atoms with E-state index in [0.29, 0.717) is 5.56 Å². The number of anilines is 1. The summed E-state index contributed by atoms with van der Waals surface area (Å²) in [4.78, 5) is 4.30. The van der Waals surface area contributed by atoms with Gasteiger partial charge >= 0.3 is 0 Å². The molecule has 1 heterocycles. The van der Waals surface area contributed by atoms with Crippen molar-refractivity contribution >= 4 is 11.7 Å². The van der Waals surface area contributed by atoms with Gasteiger partial charge in [-0.3, -0.25) is 5.41 Å². The number of nitrogens with one attached hydrogen (secondary N) is 1. The number of hydrogen-bond donors (Lipinski definition) is 2. The van der Waals surface area contributed by atoms with Crippen LogP contribution in [0.3, 0.4) is 0 Å². The molecule has 0 atom stereocenters. The second kappa shape index (κ2) is 7.19. The Bertz CT molecular complexity index is 469. The fourth-order valence-corrected chi connectivity index (χ4v) is 2.13. The van der Waals surface area contributed by atoms with Crippen molar-refractivity contribution < 1.29 is 0 Å². The normalized spacial score (nSPS) is 10.9. The first-order chi connectivity index (χ1) is 9.38. The van der Waals surface area contributed by atoms with E-state index in [1.54, 1.807) is 0 Å². The van der Waals surface area contributed by atoms with Crippen LogP contribution in [0.15, 0.2) is 0 Å². The Morgan fingerprint density at radius 2 is 1.85 bits per heavy atom. The lowest BCUT2D eigenvalue weighted by Gasteiger charge is -2.25. The number of nitrogen functional groups attached to an aromatic ring is 1. The zero-order chi connectivity index (χ0) is 15.3. The summed E-state index contributed by atoms with van der Waals surface area (Å²) < 4.78 is 0. The molecular formula is C14H26N6. The lowest BCUT2D eigenvalue weighted by atomic mass is 10.1. The number of nitrogens with two attached hydrogens (primary N) is 1. The van der Waals surface area contributed by atoms with Crippen LogP contribution < -0.4 is 10.6 Å². The van der Waals surface area contributed by atoms with Gasteiger partial charge < -0.3 is 15.5 Å². The van der Waals surface area contributed by atoms with Gasteiger partial charge in [-0.25, -0.2) is 0 Å². The maximum absolute atomic E-state index is 7.80. The summed E-state index contributed by atoms with van der Waals surface area (Å²) in [5.74, 6) is 0.781. The predicted octanol–water partition coefficient (Wildman–Crippen LogP) is 1.16. The maximum Gasteiger partial charge on any atom is 0.162 e. The van der Waals surface area contributed by atoms with E-state index in [0.717, 1.165) is 43.1 Å². The summed E-state index contributed by atoms with van der Waals surface area (Å²) in [6.45, 7) is 8.64. The van der Waals surface area contributed by atoms with E-state index in [2.05, 4.69) is 41.0 Å². The van der Waals surface area contributed by atoms with Crippen LogP contribution in [0.1, 0.15) is 30.2 Å². The average molecular weight is 278 g/mol. The Hall–Kier alpha value is -1.69. The molecule has 0 unspecified atom stereocenters. The molecule has 0 bridgehead atoms. The quantitative estimate of drug-likeness (QED) is 0.577. The van der Waals surface area contributed by atoms with E-state index < -0.39 is 0 Å². The molecule has 6 nitrogen and oxygen atoms in total. The molecule has 20 heavy (non-hydrogen) atoms. The molecule has 0 aromatic carbocycles. The van der Waals surface area contributed by atoms with Gasteiger partial charge in [0.1, 0.15) is 5.84 Å². The van der Waals surface area contributed by atoms with Gasteiger partial charge in [0.25, 0.3) is 0 Å². The minimum atomic E-state index is 0.0570. The molecule has 0 saturated heterocycles. The third kappa shape index (κ3) is 3.90. The van der Waals surface area contributed by atoms with Crippen LogP contribution in [-0.2, 0) is 0 Å². The second-order valence-electron chi connectivity index (χ2n) is 5.26. The smallest absolute Gasteiger partial charge is 0.162 e. The second-order valence-corrected chi connectivity index (χ2v) is 5.26. The first-order valence-electron chi connectivity index (χ1n) is 6.96. The first-order valence-corrected chi connectivity index (χ1v) is 6.96. The molecule has 1 aromatic rings. The molecule has 1 rings (SSSR count). The fraction of sp³-hybridized carbons (Fsp3) is 0.643. The van der Waals surface area contributed by atoms with Crippen molar-refractivity contribution in [3.63, 3.8) is 0 Å². The van der Waals surface area contributed by atoms with Crippen LogP contribution in [0, 0.1) is 19.3 Å². The van der Waals surface area contributed by atoms with Crippen LogP contribution in [0.4, 0.5) is 5.82 Å². The molecule has 0 fully saturated rings. The van der Waals surface area contributed by atoms with Gasteiger partial charge in [-0.2, -0.15) is 5.10 Å². The SMILES string of the molecule is CCN(CCCN(C)C)c1nnc(C)c(C)c1C(=N)N. The first kappa shape index (κ1) is 16.4. The Kier molecular flexibility index (Phi) is 5.88. The predicted molar refractivity (Wildman–Crippen MR) is 83.6 cm³/mol. The van der Waals surface area contributed by atoms with Crippen molar-refractivity contribution in [2.24, 2.45) is 5.73 Å². The number of nitrogens with zero attached hydrogens (tertiary/aromatic N) is 4. The van der Waals surface area contributed by atoms with Crippen molar-refractivity contribution in [1.82, 2.24) is 15.1 Å². The van der Waals surface area contributed by atoms with E-state index in [4.69, 9.17) is 11.1 Å². The molecular weight excluding hydrogens is 252 g/mol. The van der Waals surface area contributed by atoms with E-state index in [1.807, 2.05) is 13.8 Å². The molecule has 0 spiro atoms. The van der Waals surface area contributed by atoms with E-state index in [-0.39, 0.29) is 5.84 Å². The highest BCUT2D eigenvalue weighted by Gasteiger charge is 2.18. The van der Waals surface area contributed by atoms with Gasteiger partial charge in [-0.1, -0.05) is 0 Å². The van der Waals surface area contributed by atoms with Gasteiger partial charge in [-0.05, 0) is 53.4 Å². The standard InChI is InChI=1S/C14H26N6/c1-6-20(9-7-8-19(4)5)14-12(13(15)16)10(2)11(3)17-18-14/h6-9H2,1-5H3,(H3,15,16). The topological polar surface area (TPSA) is 82.1 Å². The molecule has 0 aliphatic heterocycles. The number of aromatic nitrogens is 2. The maximum atomic E-state index is 7.80. The minimum absolute atomic E-state index is 0.0570. The third-order valence-electron chi connectivity index (χ3n) is 3.42. The molecule has 0 aliphatic rings. The van der Waals surface area contributed by atoms with Crippen molar-refractivity contribution in [1.29, 1.82) is 5.41 Å². The molecule has 0 saturated carbocycles. The van der Waals surface area contributed by atoms with Crippen LogP contribution in [0.25, 0.3) is 0 Å². The minimum Gasteiger partial charge on any atom is -0.384 e. The molecule has 3 N–H and O–H groups in total. The number of amidine groups is 1. The molecule has 0 amide bonds. The van der Waals surface area contributed by atoms with E-state index >= 15 is 0 Å². The summed E-state index contributed by atoms with van der Waals surface area (Å²) in [5.41, 5.74) is 8.21. The Labute approximate surface area is 121 Å². The third-order valence-corrected chi connectivity index (χ3v) is 3.42. The molecule has 0 aliphatic carbocycles. The number of hydrogen-bond acceptors (Lipinski definition) is 5. The van der Waals surface area contributed by atoms with Crippen molar-refractivity contribution in [3.05, 3.63) is 16.8 Å². The summed E-state index contributed by atoms with van der Waals surface area (Å²) in [6.07, 6.45) is 1.03.